The number of nitrogens with one attached hydrogen (secondary N) is 2. The lowest BCUT2D eigenvalue weighted by molar-refractivity contribution is -0.128. The molecule has 0 bridgehead atoms. The molecule has 2 N–H and O–H groups in total. The van der Waals surface area contributed by atoms with Gasteiger partial charge >= 0.3 is 0 Å². The van der Waals surface area contributed by atoms with E-state index in [1.807, 2.05) is 36.1 Å². The van der Waals surface area contributed by atoms with Crippen molar-refractivity contribution in [2.45, 2.75) is 58.1 Å². The third-order valence-corrected chi connectivity index (χ3v) is 5.50. The largest absolute Gasteiger partial charge is 0.477 e. The van der Waals surface area contributed by atoms with Crippen molar-refractivity contribution >= 4 is 17.5 Å². The van der Waals surface area contributed by atoms with Crippen LogP contribution in [0.1, 0.15) is 46.0 Å². The van der Waals surface area contributed by atoms with Gasteiger partial charge in [0.1, 0.15) is 5.75 Å². The first-order valence-electron chi connectivity index (χ1n) is 10.2. The summed E-state index contributed by atoms with van der Waals surface area (Å²) >= 11 is 0. The van der Waals surface area contributed by atoms with Crippen molar-refractivity contribution in [2.75, 3.05) is 24.5 Å². The van der Waals surface area contributed by atoms with Crippen molar-refractivity contribution in [3.8, 4) is 5.75 Å². The third-order valence-electron chi connectivity index (χ3n) is 5.50. The number of amides is 2. The molecule has 6 nitrogen and oxygen atoms in total. The molecule has 0 saturated heterocycles. The minimum Gasteiger partial charge on any atom is -0.477 e. The Morgan fingerprint density at radius 2 is 2.00 bits per heavy atom. The normalized spacial score (nSPS) is 24.5. The average molecular weight is 373 g/mol. The number of hydrogen-bond acceptors (Lipinski definition) is 4. The number of carbonyl (C=O) groups is 2. The van der Waals surface area contributed by atoms with Crippen LogP contribution in [0.3, 0.4) is 0 Å². The van der Waals surface area contributed by atoms with Crippen molar-refractivity contribution in [3.63, 3.8) is 0 Å². The fourth-order valence-corrected chi connectivity index (χ4v) is 3.91. The average Bonchev–Trinajstić information content (AvgIpc) is 2.67. The summed E-state index contributed by atoms with van der Waals surface area (Å²) in [6.45, 7) is 5.46. The van der Waals surface area contributed by atoms with Gasteiger partial charge in [-0.25, -0.2) is 0 Å². The maximum absolute atomic E-state index is 12.7. The van der Waals surface area contributed by atoms with Crippen molar-refractivity contribution in [1.82, 2.24) is 10.6 Å². The number of nitrogens with zero attached hydrogens (tertiary/aromatic N) is 1. The van der Waals surface area contributed by atoms with E-state index in [-0.39, 0.29) is 24.4 Å². The third kappa shape index (κ3) is 4.93. The standard InChI is InChI=1S/C21H31N3O3/c1-3-12-22-21(26)19-13-24(17-10-6-7-11-18(17)27-19)14-20(25)23-16-9-5-4-8-15(16)2/h6-7,10-11,15-16,19H,3-5,8-9,12-14H2,1-2H3,(H,22,26)(H,23,25)/t15-,16+,19+/m0/s1. The van der Waals surface area contributed by atoms with Gasteiger partial charge in [0.25, 0.3) is 5.91 Å². The van der Waals surface area contributed by atoms with E-state index in [9.17, 15) is 9.59 Å². The van der Waals surface area contributed by atoms with Crippen LogP contribution in [0, 0.1) is 5.92 Å². The smallest absolute Gasteiger partial charge is 0.262 e. The fourth-order valence-electron chi connectivity index (χ4n) is 3.91. The van der Waals surface area contributed by atoms with E-state index in [0.717, 1.165) is 18.5 Å². The van der Waals surface area contributed by atoms with Gasteiger partial charge in [-0.05, 0) is 37.3 Å². The summed E-state index contributed by atoms with van der Waals surface area (Å²) in [6.07, 6.45) is 4.92. The number of para-hydroxylation sites is 2. The molecule has 0 aromatic heterocycles. The van der Waals surface area contributed by atoms with Crippen LogP contribution in [-0.4, -0.2) is 43.6 Å². The molecule has 1 saturated carbocycles. The van der Waals surface area contributed by atoms with Gasteiger partial charge in [0.2, 0.25) is 5.91 Å². The van der Waals surface area contributed by atoms with Crippen LogP contribution < -0.4 is 20.3 Å². The second kappa shape index (κ2) is 9.11. The van der Waals surface area contributed by atoms with Gasteiger partial charge in [-0.1, -0.05) is 38.8 Å². The van der Waals surface area contributed by atoms with Crippen LogP contribution in [0.2, 0.25) is 0 Å². The van der Waals surface area contributed by atoms with Crippen molar-refractivity contribution in [2.24, 2.45) is 5.92 Å². The summed E-state index contributed by atoms with van der Waals surface area (Å²) in [4.78, 5) is 27.0. The first-order valence-corrected chi connectivity index (χ1v) is 10.2. The van der Waals surface area contributed by atoms with Crippen LogP contribution in [0.5, 0.6) is 5.75 Å². The predicted molar refractivity (Wildman–Crippen MR) is 106 cm³/mol. The van der Waals surface area contributed by atoms with Crippen molar-refractivity contribution in [1.29, 1.82) is 0 Å². The van der Waals surface area contributed by atoms with Gasteiger partial charge in [0.15, 0.2) is 6.10 Å². The minimum atomic E-state index is -0.604. The van der Waals surface area contributed by atoms with E-state index < -0.39 is 6.10 Å². The highest BCUT2D eigenvalue weighted by molar-refractivity contribution is 5.86. The first-order chi connectivity index (χ1) is 13.1. The Balaban J connectivity index is 1.67. The Morgan fingerprint density at radius 3 is 2.78 bits per heavy atom. The molecule has 1 fully saturated rings. The zero-order valence-electron chi connectivity index (χ0n) is 16.4. The Bertz CT molecular complexity index is 664. The van der Waals surface area contributed by atoms with Gasteiger partial charge in [-0.3, -0.25) is 9.59 Å². The Morgan fingerprint density at radius 1 is 1.22 bits per heavy atom. The molecule has 0 radical (unpaired) electrons. The molecule has 1 aliphatic carbocycles. The van der Waals surface area contributed by atoms with Gasteiger partial charge in [-0.15, -0.1) is 0 Å². The van der Waals surface area contributed by atoms with Gasteiger partial charge < -0.3 is 20.3 Å². The molecule has 0 unspecified atom stereocenters. The maximum atomic E-state index is 12.7. The second-order valence-electron chi connectivity index (χ2n) is 7.68. The molecule has 1 aliphatic heterocycles. The van der Waals surface area contributed by atoms with Crippen molar-refractivity contribution in [3.05, 3.63) is 24.3 Å². The number of carbonyl (C=O) groups excluding carboxylic acids is 2. The lowest BCUT2D eigenvalue weighted by Crippen LogP contribution is -2.52. The molecular weight excluding hydrogens is 342 g/mol. The zero-order valence-corrected chi connectivity index (χ0v) is 16.4. The summed E-state index contributed by atoms with van der Waals surface area (Å²) < 4.78 is 5.88. The van der Waals surface area contributed by atoms with Crippen LogP contribution >= 0.6 is 0 Å². The highest BCUT2D eigenvalue weighted by atomic mass is 16.5. The van der Waals surface area contributed by atoms with Crippen LogP contribution in [0.25, 0.3) is 0 Å². The predicted octanol–water partition coefficient (Wildman–Crippen LogP) is 2.48. The fraction of sp³-hybridized carbons (Fsp3) is 0.619. The molecule has 148 valence electrons. The van der Waals surface area contributed by atoms with Gasteiger partial charge in [0.05, 0.1) is 18.8 Å². The Labute approximate surface area is 161 Å². The highest BCUT2D eigenvalue weighted by Gasteiger charge is 2.32. The molecule has 0 spiro atoms. The monoisotopic (exact) mass is 373 g/mol. The number of benzene rings is 1. The summed E-state index contributed by atoms with van der Waals surface area (Å²) in [6, 6.07) is 7.85. The molecular formula is C21H31N3O3. The SMILES string of the molecule is CCCNC(=O)[C@H]1CN(CC(=O)N[C@@H]2CCCC[C@@H]2C)c2ccccc2O1. The molecule has 1 aromatic rings. The second-order valence-corrected chi connectivity index (χ2v) is 7.68. The summed E-state index contributed by atoms with van der Waals surface area (Å²) in [5.74, 6) is 1.06. The van der Waals surface area contributed by atoms with Crippen molar-refractivity contribution < 1.29 is 14.3 Å². The minimum absolute atomic E-state index is 0.0122. The quantitative estimate of drug-likeness (QED) is 0.804. The molecule has 3 atom stereocenters. The molecule has 1 aromatic carbocycles. The summed E-state index contributed by atoms with van der Waals surface area (Å²) in [5, 5.41) is 6.09. The van der Waals surface area contributed by atoms with Crippen LogP contribution in [0.4, 0.5) is 5.69 Å². The molecule has 3 rings (SSSR count). The number of ether oxygens (including phenoxy) is 1. The Hall–Kier alpha value is -2.24. The Kier molecular flexibility index (Phi) is 6.58. The molecule has 6 heteroatoms. The molecule has 2 amide bonds. The van der Waals surface area contributed by atoms with E-state index in [4.69, 9.17) is 4.74 Å². The number of fused-ring (bicyclic) bond motifs is 1. The summed E-state index contributed by atoms with van der Waals surface area (Å²) in [5.41, 5.74) is 0.865. The lowest BCUT2D eigenvalue weighted by Gasteiger charge is -2.36. The highest BCUT2D eigenvalue weighted by Crippen LogP contribution is 2.33. The van der Waals surface area contributed by atoms with Gasteiger partial charge in [-0.2, -0.15) is 0 Å². The molecule has 2 aliphatic rings. The lowest BCUT2D eigenvalue weighted by atomic mass is 9.86. The van der Waals surface area contributed by atoms with E-state index >= 15 is 0 Å². The first kappa shape index (κ1) is 19.5. The van der Waals surface area contributed by atoms with E-state index in [1.165, 1.54) is 19.3 Å². The van der Waals surface area contributed by atoms with E-state index in [0.29, 0.717) is 24.8 Å². The zero-order chi connectivity index (χ0) is 19.2. The van der Waals surface area contributed by atoms with Crippen LogP contribution in [-0.2, 0) is 9.59 Å². The number of hydrogen-bond donors (Lipinski definition) is 2. The van der Waals surface area contributed by atoms with Gasteiger partial charge in [0, 0.05) is 12.6 Å². The summed E-state index contributed by atoms with van der Waals surface area (Å²) in [7, 11) is 0. The molecule has 1 heterocycles. The molecule has 27 heavy (non-hydrogen) atoms. The van der Waals surface area contributed by atoms with E-state index in [2.05, 4.69) is 17.6 Å². The topological polar surface area (TPSA) is 70.7 Å². The van der Waals surface area contributed by atoms with Crippen LogP contribution in [0.15, 0.2) is 24.3 Å². The number of anilines is 1. The maximum Gasteiger partial charge on any atom is 0.262 e. The van der Waals surface area contributed by atoms with E-state index in [1.54, 1.807) is 0 Å². The number of rotatable bonds is 6.